The van der Waals surface area contributed by atoms with Gasteiger partial charge in [0.2, 0.25) is 0 Å². The van der Waals surface area contributed by atoms with Gasteiger partial charge in [-0.05, 0) is 25.2 Å². The summed E-state index contributed by atoms with van der Waals surface area (Å²) in [5, 5.41) is 0.101. The van der Waals surface area contributed by atoms with Gasteiger partial charge in [-0.2, -0.15) is 0 Å². The fraction of sp³-hybridized carbons (Fsp3) is 0.900. The molecule has 5 unspecified atom stereocenters. The molecular formula is C10H16ClNO2. The number of carbonyl (C=O) groups is 1. The summed E-state index contributed by atoms with van der Waals surface area (Å²) >= 11 is 6.14. The van der Waals surface area contributed by atoms with Gasteiger partial charge in [-0.15, -0.1) is 11.6 Å². The van der Waals surface area contributed by atoms with Crippen molar-refractivity contribution in [1.29, 1.82) is 0 Å². The summed E-state index contributed by atoms with van der Waals surface area (Å²) < 4.78 is 5.32. The molecular weight excluding hydrogens is 202 g/mol. The molecule has 2 rings (SSSR count). The van der Waals surface area contributed by atoms with Crippen molar-refractivity contribution in [1.82, 2.24) is 4.90 Å². The van der Waals surface area contributed by atoms with Gasteiger partial charge in [0, 0.05) is 12.4 Å². The maximum Gasteiger partial charge on any atom is 0.410 e. The molecule has 1 aliphatic carbocycles. The summed E-state index contributed by atoms with van der Waals surface area (Å²) in [6.45, 7) is 4.13. The Morgan fingerprint density at radius 2 is 2.29 bits per heavy atom. The molecule has 5 atom stereocenters. The lowest BCUT2D eigenvalue weighted by molar-refractivity contribution is 0.112. The molecule has 0 aromatic heterocycles. The third kappa shape index (κ3) is 1.29. The number of fused-ring (bicyclic) bond motifs is 1. The van der Waals surface area contributed by atoms with E-state index in [1.807, 2.05) is 6.92 Å². The Balaban J connectivity index is 2.22. The minimum absolute atomic E-state index is 0.0544. The van der Waals surface area contributed by atoms with Gasteiger partial charge in [0.05, 0.1) is 6.04 Å². The predicted molar refractivity (Wildman–Crippen MR) is 54.4 cm³/mol. The second kappa shape index (κ2) is 3.30. The smallest absolute Gasteiger partial charge is 0.410 e. The van der Waals surface area contributed by atoms with Crippen molar-refractivity contribution in [3.63, 3.8) is 0 Å². The topological polar surface area (TPSA) is 29.5 Å². The molecule has 14 heavy (non-hydrogen) atoms. The molecule has 3 nitrogen and oxygen atoms in total. The van der Waals surface area contributed by atoms with E-state index in [1.54, 1.807) is 11.9 Å². The summed E-state index contributed by atoms with van der Waals surface area (Å²) in [5.41, 5.74) is 0. The molecule has 4 heteroatoms. The second-order valence-corrected chi connectivity index (χ2v) is 5.19. The molecule has 2 aliphatic rings. The van der Waals surface area contributed by atoms with Gasteiger partial charge in [0.15, 0.2) is 0 Å². The third-order valence-corrected chi connectivity index (χ3v) is 3.87. The predicted octanol–water partition coefficient (Wildman–Crippen LogP) is 2.09. The van der Waals surface area contributed by atoms with E-state index in [4.69, 9.17) is 16.3 Å². The number of alkyl halides is 1. The quantitative estimate of drug-likeness (QED) is 0.630. The van der Waals surface area contributed by atoms with Crippen molar-refractivity contribution < 1.29 is 9.53 Å². The summed E-state index contributed by atoms with van der Waals surface area (Å²) in [7, 11) is 1.80. The van der Waals surface area contributed by atoms with Gasteiger partial charge < -0.3 is 9.64 Å². The zero-order valence-corrected chi connectivity index (χ0v) is 9.49. The van der Waals surface area contributed by atoms with Crippen molar-refractivity contribution >= 4 is 17.7 Å². The van der Waals surface area contributed by atoms with Crippen molar-refractivity contribution in [2.45, 2.75) is 37.8 Å². The van der Waals surface area contributed by atoms with E-state index in [2.05, 4.69) is 6.92 Å². The largest absolute Gasteiger partial charge is 0.444 e. The lowest BCUT2D eigenvalue weighted by atomic mass is 9.99. The van der Waals surface area contributed by atoms with Crippen LogP contribution in [0, 0.1) is 11.8 Å². The van der Waals surface area contributed by atoms with Crippen molar-refractivity contribution in [3.05, 3.63) is 0 Å². The number of halogens is 1. The monoisotopic (exact) mass is 217 g/mol. The van der Waals surface area contributed by atoms with E-state index in [0.29, 0.717) is 11.8 Å². The maximum absolute atomic E-state index is 11.4. The molecule has 0 spiro atoms. The van der Waals surface area contributed by atoms with Crippen LogP contribution in [0.4, 0.5) is 4.79 Å². The first-order chi connectivity index (χ1) is 6.52. The molecule has 1 saturated carbocycles. The molecule has 0 aromatic carbocycles. The third-order valence-electron chi connectivity index (χ3n) is 3.54. The van der Waals surface area contributed by atoms with Crippen LogP contribution in [0.25, 0.3) is 0 Å². The zero-order valence-electron chi connectivity index (χ0n) is 8.74. The van der Waals surface area contributed by atoms with E-state index in [0.717, 1.165) is 6.42 Å². The zero-order chi connectivity index (χ0) is 10.5. The highest BCUT2D eigenvalue weighted by molar-refractivity contribution is 6.20. The second-order valence-electron chi connectivity index (χ2n) is 4.50. The standard InChI is InChI=1S/C10H16ClNO2/c1-5-4-7(6(2)11)8-9(5)14-10(13)12(8)3/h5-9H,4H2,1-3H3. The summed E-state index contributed by atoms with van der Waals surface area (Å²) in [5.74, 6) is 0.799. The number of hydrogen-bond donors (Lipinski definition) is 0. The van der Waals surface area contributed by atoms with Gasteiger partial charge in [-0.1, -0.05) is 6.92 Å². The van der Waals surface area contributed by atoms with E-state index in [9.17, 15) is 4.79 Å². The lowest BCUT2D eigenvalue weighted by Crippen LogP contribution is -2.38. The molecule has 0 N–H and O–H groups in total. The highest BCUT2D eigenvalue weighted by Crippen LogP contribution is 2.43. The highest BCUT2D eigenvalue weighted by atomic mass is 35.5. The van der Waals surface area contributed by atoms with Gasteiger partial charge in [-0.3, -0.25) is 0 Å². The van der Waals surface area contributed by atoms with Gasteiger partial charge in [0.25, 0.3) is 0 Å². The highest BCUT2D eigenvalue weighted by Gasteiger charge is 2.53. The normalized spacial score (nSPS) is 43.7. The molecule has 1 saturated heterocycles. The molecule has 1 aliphatic heterocycles. The van der Waals surface area contributed by atoms with Crippen molar-refractivity contribution in [3.8, 4) is 0 Å². The number of nitrogens with zero attached hydrogens (tertiary/aromatic N) is 1. The Morgan fingerprint density at radius 3 is 2.86 bits per heavy atom. The van der Waals surface area contributed by atoms with Crippen LogP contribution in [-0.4, -0.2) is 35.6 Å². The number of likely N-dealkylation sites (N-methyl/N-ethyl adjacent to an activating group) is 1. The van der Waals surface area contributed by atoms with Crippen LogP contribution in [0.5, 0.6) is 0 Å². The maximum atomic E-state index is 11.4. The number of hydrogen-bond acceptors (Lipinski definition) is 2. The SMILES string of the molecule is CC(Cl)C1CC(C)C2OC(=O)N(C)C12. The van der Waals surface area contributed by atoms with Crippen LogP contribution >= 0.6 is 11.6 Å². The summed E-state index contributed by atoms with van der Waals surface area (Å²) in [4.78, 5) is 13.1. The molecule has 0 radical (unpaired) electrons. The fourth-order valence-corrected chi connectivity index (χ4v) is 3.01. The van der Waals surface area contributed by atoms with E-state index in [-0.39, 0.29) is 23.6 Å². The summed E-state index contributed by atoms with van der Waals surface area (Å²) in [6, 6.07) is 0.185. The number of amides is 1. The van der Waals surface area contributed by atoms with Gasteiger partial charge in [0.1, 0.15) is 6.10 Å². The molecule has 80 valence electrons. The average molecular weight is 218 g/mol. The number of rotatable bonds is 1. The van der Waals surface area contributed by atoms with Crippen molar-refractivity contribution in [2.24, 2.45) is 11.8 Å². The Hall–Kier alpha value is -0.440. The summed E-state index contributed by atoms with van der Waals surface area (Å²) in [6.07, 6.45) is 0.907. The van der Waals surface area contributed by atoms with Gasteiger partial charge >= 0.3 is 6.09 Å². The minimum atomic E-state index is -0.200. The average Bonchev–Trinajstić information content (AvgIpc) is 2.56. The van der Waals surface area contributed by atoms with Crippen molar-refractivity contribution in [2.75, 3.05) is 7.05 Å². The number of carbonyl (C=O) groups excluding carboxylic acids is 1. The van der Waals surface area contributed by atoms with Gasteiger partial charge in [-0.25, -0.2) is 4.79 Å². The first-order valence-corrected chi connectivity index (χ1v) is 5.53. The van der Waals surface area contributed by atoms with Crippen LogP contribution in [0.3, 0.4) is 0 Å². The lowest BCUT2D eigenvalue weighted by Gasteiger charge is -2.24. The molecule has 2 fully saturated rings. The van der Waals surface area contributed by atoms with E-state index < -0.39 is 0 Å². The van der Waals surface area contributed by atoms with Crippen LogP contribution in [0.1, 0.15) is 20.3 Å². The Morgan fingerprint density at radius 1 is 1.64 bits per heavy atom. The van der Waals surface area contributed by atoms with Crippen LogP contribution in [-0.2, 0) is 4.74 Å². The molecule has 1 heterocycles. The Kier molecular flexibility index (Phi) is 2.38. The first-order valence-electron chi connectivity index (χ1n) is 5.10. The van der Waals surface area contributed by atoms with E-state index in [1.165, 1.54) is 0 Å². The minimum Gasteiger partial charge on any atom is -0.444 e. The molecule has 0 aromatic rings. The Bertz CT molecular complexity index is 257. The number of ether oxygens (including phenoxy) is 1. The Labute approximate surface area is 89.4 Å². The van der Waals surface area contributed by atoms with Crippen LogP contribution < -0.4 is 0 Å². The van der Waals surface area contributed by atoms with Crippen LogP contribution in [0.2, 0.25) is 0 Å². The first kappa shape index (κ1) is 10.1. The molecule has 1 amide bonds. The van der Waals surface area contributed by atoms with Crippen LogP contribution in [0.15, 0.2) is 0 Å². The molecule has 0 bridgehead atoms. The fourth-order valence-electron chi connectivity index (χ4n) is 2.76. The van der Waals surface area contributed by atoms with E-state index >= 15 is 0 Å².